The molecule has 0 unspecified atom stereocenters. The summed E-state index contributed by atoms with van der Waals surface area (Å²) >= 11 is 0. The maximum Gasteiger partial charge on any atom is 0.294 e. The first-order valence-electron chi connectivity index (χ1n) is 9.06. The van der Waals surface area contributed by atoms with Gasteiger partial charge in [-0.05, 0) is 55.8 Å². The fourth-order valence-corrected chi connectivity index (χ4v) is 3.73. The SMILES string of the molecule is CN(C)c1ccc(/C=C/N2CCOC(C)(C)c3cc(S(=O)(=O)O)ccc32)cc1. The second-order valence-corrected chi connectivity index (χ2v) is 8.93. The number of benzene rings is 2. The Hall–Kier alpha value is -2.35. The second kappa shape index (κ2) is 7.58. The number of hydrogen-bond acceptors (Lipinski definition) is 5. The summed E-state index contributed by atoms with van der Waals surface area (Å²) in [5, 5.41) is 0. The predicted octanol–water partition coefficient (Wildman–Crippen LogP) is 3.74. The molecule has 6 nitrogen and oxygen atoms in total. The molecule has 0 saturated heterocycles. The van der Waals surface area contributed by atoms with Crippen molar-refractivity contribution in [3.63, 3.8) is 0 Å². The molecule has 0 spiro atoms. The molecule has 1 aliphatic rings. The molecule has 3 rings (SSSR count). The molecule has 0 atom stereocenters. The molecule has 1 N–H and O–H groups in total. The van der Waals surface area contributed by atoms with Crippen molar-refractivity contribution in [2.45, 2.75) is 24.3 Å². The molecule has 2 aromatic rings. The van der Waals surface area contributed by atoms with Crippen molar-refractivity contribution in [2.24, 2.45) is 0 Å². The molecule has 2 aromatic carbocycles. The third kappa shape index (κ3) is 4.38. The fraction of sp³-hybridized carbons (Fsp3) is 0.333. The van der Waals surface area contributed by atoms with Gasteiger partial charge in [0.15, 0.2) is 0 Å². The van der Waals surface area contributed by atoms with Gasteiger partial charge in [-0.3, -0.25) is 4.55 Å². The molecule has 0 aliphatic carbocycles. The van der Waals surface area contributed by atoms with Gasteiger partial charge < -0.3 is 14.5 Å². The Morgan fingerprint density at radius 2 is 1.82 bits per heavy atom. The van der Waals surface area contributed by atoms with Gasteiger partial charge in [-0.1, -0.05) is 12.1 Å². The molecule has 7 heteroatoms. The first-order chi connectivity index (χ1) is 13.1. The van der Waals surface area contributed by atoms with Gasteiger partial charge in [-0.15, -0.1) is 0 Å². The Labute approximate surface area is 166 Å². The van der Waals surface area contributed by atoms with Crippen molar-refractivity contribution in [2.75, 3.05) is 37.0 Å². The molecule has 0 aromatic heterocycles. The van der Waals surface area contributed by atoms with E-state index in [2.05, 4.69) is 12.1 Å². The molecule has 1 aliphatic heterocycles. The van der Waals surface area contributed by atoms with Crippen molar-refractivity contribution in [1.29, 1.82) is 0 Å². The summed E-state index contributed by atoms with van der Waals surface area (Å²) in [5.74, 6) is 0. The lowest BCUT2D eigenvalue weighted by Crippen LogP contribution is -2.21. The van der Waals surface area contributed by atoms with Gasteiger partial charge in [0.2, 0.25) is 0 Å². The smallest absolute Gasteiger partial charge is 0.294 e. The number of ether oxygens (including phenoxy) is 1. The van der Waals surface area contributed by atoms with E-state index in [9.17, 15) is 13.0 Å². The maximum absolute atomic E-state index is 11.6. The van der Waals surface area contributed by atoms with Crippen LogP contribution < -0.4 is 9.80 Å². The van der Waals surface area contributed by atoms with E-state index in [0.717, 1.165) is 16.9 Å². The largest absolute Gasteiger partial charge is 0.378 e. The van der Waals surface area contributed by atoms with Crippen LogP contribution in [0.3, 0.4) is 0 Å². The van der Waals surface area contributed by atoms with Crippen LogP contribution >= 0.6 is 0 Å². The van der Waals surface area contributed by atoms with Gasteiger partial charge in [0.05, 0.1) is 17.1 Å². The van der Waals surface area contributed by atoms with Crippen LogP contribution in [-0.2, 0) is 20.5 Å². The number of anilines is 2. The van der Waals surface area contributed by atoms with Gasteiger partial charge >= 0.3 is 0 Å². The summed E-state index contributed by atoms with van der Waals surface area (Å²) in [5.41, 5.74) is 3.09. The predicted molar refractivity (Wildman–Crippen MR) is 112 cm³/mol. The molecule has 0 saturated carbocycles. The minimum atomic E-state index is -4.28. The molecule has 150 valence electrons. The van der Waals surface area contributed by atoms with E-state index in [1.54, 1.807) is 6.07 Å². The number of nitrogens with zero attached hydrogens (tertiary/aromatic N) is 2. The van der Waals surface area contributed by atoms with Crippen molar-refractivity contribution < 1.29 is 17.7 Å². The highest BCUT2D eigenvalue weighted by Gasteiger charge is 2.30. The van der Waals surface area contributed by atoms with Crippen LogP contribution in [0.15, 0.2) is 53.6 Å². The van der Waals surface area contributed by atoms with E-state index in [4.69, 9.17) is 4.74 Å². The fourth-order valence-electron chi connectivity index (χ4n) is 3.22. The first-order valence-corrected chi connectivity index (χ1v) is 10.5. The molecule has 28 heavy (non-hydrogen) atoms. The van der Waals surface area contributed by atoms with Crippen molar-refractivity contribution in [3.05, 3.63) is 59.8 Å². The second-order valence-electron chi connectivity index (χ2n) is 7.51. The van der Waals surface area contributed by atoms with Crippen LogP contribution in [0.5, 0.6) is 0 Å². The van der Waals surface area contributed by atoms with Gasteiger partial charge in [0, 0.05) is 43.8 Å². The summed E-state index contributed by atoms with van der Waals surface area (Å²) in [4.78, 5) is 3.95. The Balaban J connectivity index is 1.96. The lowest BCUT2D eigenvalue weighted by Gasteiger charge is -2.26. The van der Waals surface area contributed by atoms with Crippen LogP contribution in [0.1, 0.15) is 25.0 Å². The number of hydrogen-bond donors (Lipinski definition) is 1. The molecule has 0 bridgehead atoms. The average molecular weight is 403 g/mol. The number of rotatable bonds is 4. The minimum Gasteiger partial charge on any atom is -0.378 e. The third-order valence-corrected chi connectivity index (χ3v) is 5.73. The van der Waals surface area contributed by atoms with Crippen LogP contribution in [0.4, 0.5) is 11.4 Å². The molecule has 0 fully saturated rings. The molecular formula is C21H26N2O4S. The van der Waals surface area contributed by atoms with Crippen LogP contribution in [0.2, 0.25) is 0 Å². The average Bonchev–Trinajstić information content (AvgIpc) is 2.75. The lowest BCUT2D eigenvalue weighted by molar-refractivity contribution is -0.0129. The summed E-state index contributed by atoms with van der Waals surface area (Å²) in [7, 11) is -0.275. The van der Waals surface area contributed by atoms with Crippen LogP contribution in [-0.4, -0.2) is 40.2 Å². The highest BCUT2D eigenvalue weighted by atomic mass is 32.2. The van der Waals surface area contributed by atoms with Crippen LogP contribution in [0.25, 0.3) is 6.08 Å². The Bertz CT molecular complexity index is 980. The Morgan fingerprint density at radius 1 is 1.14 bits per heavy atom. The van der Waals surface area contributed by atoms with Gasteiger partial charge in [-0.25, -0.2) is 0 Å². The Morgan fingerprint density at radius 3 is 2.43 bits per heavy atom. The highest BCUT2D eigenvalue weighted by molar-refractivity contribution is 7.85. The standard InChI is InChI=1S/C21H26N2O4S/c1-21(2)19-15-18(28(24,25)26)9-10-20(19)23(13-14-27-21)12-11-16-5-7-17(8-6-16)22(3)4/h5-12,15H,13-14H2,1-4H3,(H,24,25,26)/b12-11+. The summed E-state index contributed by atoms with van der Waals surface area (Å²) in [6.07, 6.45) is 3.99. The topological polar surface area (TPSA) is 70.1 Å². The molecular weight excluding hydrogens is 376 g/mol. The molecule has 0 radical (unpaired) electrons. The van der Waals surface area contributed by atoms with E-state index < -0.39 is 15.7 Å². The molecule has 1 heterocycles. The summed E-state index contributed by atoms with van der Waals surface area (Å²) < 4.78 is 38.5. The summed E-state index contributed by atoms with van der Waals surface area (Å²) in [6.45, 7) is 4.92. The van der Waals surface area contributed by atoms with Crippen LogP contribution in [0, 0.1) is 0 Å². The third-order valence-electron chi connectivity index (χ3n) is 4.88. The normalized spacial score (nSPS) is 16.7. The lowest BCUT2D eigenvalue weighted by atomic mass is 9.96. The summed E-state index contributed by atoms with van der Waals surface area (Å²) in [6, 6.07) is 12.8. The highest BCUT2D eigenvalue weighted by Crippen LogP contribution is 2.37. The minimum absolute atomic E-state index is 0.131. The van der Waals surface area contributed by atoms with Gasteiger partial charge in [0.1, 0.15) is 0 Å². The first kappa shape index (κ1) is 20.4. The van der Waals surface area contributed by atoms with Gasteiger partial charge in [0.25, 0.3) is 10.1 Å². The quantitative estimate of drug-likeness (QED) is 0.786. The van der Waals surface area contributed by atoms with Gasteiger partial charge in [-0.2, -0.15) is 8.42 Å². The van der Waals surface area contributed by atoms with Crippen molar-refractivity contribution in [3.8, 4) is 0 Å². The van der Waals surface area contributed by atoms with Crippen molar-refractivity contribution >= 4 is 27.6 Å². The maximum atomic E-state index is 11.6. The van der Waals surface area contributed by atoms with E-state index in [1.807, 2.05) is 62.2 Å². The zero-order valence-corrected chi connectivity index (χ0v) is 17.4. The zero-order valence-electron chi connectivity index (χ0n) is 16.6. The number of fused-ring (bicyclic) bond motifs is 1. The van der Waals surface area contributed by atoms with Crippen molar-refractivity contribution in [1.82, 2.24) is 0 Å². The molecule has 0 amide bonds. The Kier molecular flexibility index (Phi) is 5.52. The monoisotopic (exact) mass is 402 g/mol. The zero-order chi connectivity index (χ0) is 20.5. The van der Waals surface area contributed by atoms with E-state index >= 15 is 0 Å². The van der Waals surface area contributed by atoms with E-state index in [-0.39, 0.29) is 4.90 Å². The van der Waals surface area contributed by atoms with E-state index in [1.165, 1.54) is 12.1 Å². The van der Waals surface area contributed by atoms with E-state index in [0.29, 0.717) is 18.7 Å².